The summed E-state index contributed by atoms with van der Waals surface area (Å²) in [5.74, 6) is -2.57. The van der Waals surface area contributed by atoms with Crippen molar-refractivity contribution in [1.29, 1.82) is 0 Å². The minimum Gasteiger partial charge on any atom is -0.348 e. The highest BCUT2D eigenvalue weighted by Crippen LogP contribution is 2.33. The van der Waals surface area contributed by atoms with E-state index in [2.05, 4.69) is 15.3 Å². The summed E-state index contributed by atoms with van der Waals surface area (Å²) >= 11 is 5.85. The molecule has 24 heavy (non-hydrogen) atoms. The van der Waals surface area contributed by atoms with Gasteiger partial charge in [-0.15, -0.1) is 0 Å². The lowest BCUT2D eigenvalue weighted by molar-refractivity contribution is -0.0399. The lowest BCUT2D eigenvalue weighted by Gasteiger charge is -2.28. The average Bonchev–Trinajstić information content (AvgIpc) is 2.57. The maximum absolute atomic E-state index is 13.2. The number of nitrogens with one attached hydrogen (secondary N) is 1. The van der Waals surface area contributed by atoms with E-state index in [1.54, 1.807) is 24.3 Å². The second-order valence-electron chi connectivity index (χ2n) is 5.88. The summed E-state index contributed by atoms with van der Waals surface area (Å²) in [5, 5.41) is 3.38. The summed E-state index contributed by atoms with van der Waals surface area (Å²) in [5.41, 5.74) is 0.957. The molecule has 1 aliphatic carbocycles. The van der Waals surface area contributed by atoms with Gasteiger partial charge >= 0.3 is 0 Å². The Hall–Kier alpha value is -2.08. The van der Waals surface area contributed by atoms with E-state index in [4.69, 9.17) is 11.6 Å². The third-order valence-electron chi connectivity index (χ3n) is 4.04. The minimum atomic E-state index is -2.61. The Kier molecular flexibility index (Phi) is 4.76. The van der Waals surface area contributed by atoms with Gasteiger partial charge in [-0.1, -0.05) is 11.6 Å². The number of aromatic nitrogens is 2. The van der Waals surface area contributed by atoms with Crippen LogP contribution in [0.25, 0.3) is 11.4 Å². The molecule has 0 spiro atoms. The molecule has 1 saturated carbocycles. The molecule has 2 aromatic rings. The summed E-state index contributed by atoms with van der Waals surface area (Å²) in [4.78, 5) is 20.7. The number of hydrogen-bond acceptors (Lipinski definition) is 3. The van der Waals surface area contributed by atoms with Gasteiger partial charge in [-0.25, -0.2) is 18.7 Å². The zero-order chi connectivity index (χ0) is 17.2. The molecule has 7 heteroatoms. The maximum atomic E-state index is 13.2. The molecule has 0 unspecified atom stereocenters. The number of hydrogen-bond donors (Lipinski definition) is 1. The van der Waals surface area contributed by atoms with Crippen molar-refractivity contribution in [3.8, 4) is 11.4 Å². The maximum Gasteiger partial charge on any atom is 0.270 e. The Labute approximate surface area is 143 Å². The van der Waals surface area contributed by atoms with Gasteiger partial charge in [0.15, 0.2) is 5.82 Å². The van der Waals surface area contributed by atoms with Gasteiger partial charge in [0.1, 0.15) is 5.69 Å². The summed E-state index contributed by atoms with van der Waals surface area (Å²) in [6.45, 7) is 0. The van der Waals surface area contributed by atoms with Crippen LogP contribution in [0.1, 0.15) is 36.2 Å². The van der Waals surface area contributed by atoms with Crippen LogP contribution in [0.15, 0.2) is 36.5 Å². The normalized spacial score (nSPS) is 17.5. The van der Waals surface area contributed by atoms with Gasteiger partial charge in [0, 0.05) is 35.7 Å². The number of carbonyl (C=O) groups excluding carboxylic acids is 1. The van der Waals surface area contributed by atoms with Crippen molar-refractivity contribution in [1.82, 2.24) is 15.3 Å². The fraction of sp³-hybridized carbons (Fsp3) is 0.353. The molecule has 1 N–H and O–H groups in total. The third kappa shape index (κ3) is 4.06. The van der Waals surface area contributed by atoms with Gasteiger partial charge in [-0.2, -0.15) is 0 Å². The summed E-state index contributed by atoms with van der Waals surface area (Å²) < 4.78 is 26.3. The van der Waals surface area contributed by atoms with E-state index >= 15 is 0 Å². The van der Waals surface area contributed by atoms with E-state index in [1.807, 2.05) is 0 Å². The lowest BCUT2D eigenvalue weighted by Crippen LogP contribution is -2.40. The monoisotopic (exact) mass is 351 g/mol. The van der Waals surface area contributed by atoms with Crippen LogP contribution >= 0.6 is 11.6 Å². The second kappa shape index (κ2) is 6.81. The molecule has 4 nitrogen and oxygen atoms in total. The van der Waals surface area contributed by atoms with Gasteiger partial charge in [0.25, 0.3) is 5.91 Å². The highest BCUT2D eigenvalue weighted by Gasteiger charge is 2.35. The predicted octanol–water partition coefficient (Wildman–Crippen LogP) is 4.10. The van der Waals surface area contributed by atoms with E-state index < -0.39 is 5.92 Å². The van der Waals surface area contributed by atoms with E-state index in [0.29, 0.717) is 10.8 Å². The van der Waals surface area contributed by atoms with E-state index in [0.717, 1.165) is 5.56 Å². The zero-order valence-corrected chi connectivity index (χ0v) is 13.6. The first-order valence-corrected chi connectivity index (χ1v) is 8.08. The van der Waals surface area contributed by atoms with Crippen LogP contribution < -0.4 is 5.32 Å². The van der Waals surface area contributed by atoms with Crippen LogP contribution in [0, 0.1) is 0 Å². The number of amides is 1. The Morgan fingerprint density at radius 3 is 2.50 bits per heavy atom. The Morgan fingerprint density at radius 2 is 1.83 bits per heavy atom. The van der Waals surface area contributed by atoms with Crippen molar-refractivity contribution >= 4 is 17.5 Å². The fourth-order valence-corrected chi connectivity index (χ4v) is 2.79. The van der Waals surface area contributed by atoms with Gasteiger partial charge in [0.05, 0.1) is 0 Å². The Morgan fingerprint density at radius 1 is 1.17 bits per heavy atom. The molecule has 0 saturated heterocycles. The van der Waals surface area contributed by atoms with Gasteiger partial charge in [0.2, 0.25) is 5.92 Å². The number of halogens is 3. The van der Waals surface area contributed by atoms with Crippen LogP contribution in [-0.4, -0.2) is 27.8 Å². The minimum absolute atomic E-state index is 0.197. The molecule has 3 rings (SSSR count). The topological polar surface area (TPSA) is 54.9 Å². The largest absolute Gasteiger partial charge is 0.348 e. The third-order valence-corrected chi connectivity index (χ3v) is 4.29. The summed E-state index contributed by atoms with van der Waals surface area (Å²) in [6.07, 6.45) is 1.65. The fourth-order valence-electron chi connectivity index (χ4n) is 2.67. The summed E-state index contributed by atoms with van der Waals surface area (Å²) in [6, 6.07) is 8.23. The molecule has 126 valence electrons. The Balaban J connectivity index is 1.69. The van der Waals surface area contributed by atoms with Crippen LogP contribution in [0.2, 0.25) is 5.02 Å². The molecule has 1 heterocycles. The molecular weight excluding hydrogens is 336 g/mol. The molecule has 1 fully saturated rings. The molecule has 0 aliphatic heterocycles. The number of carbonyl (C=O) groups is 1. The van der Waals surface area contributed by atoms with Gasteiger partial charge in [-0.3, -0.25) is 4.79 Å². The first kappa shape index (κ1) is 16.8. The van der Waals surface area contributed by atoms with E-state index in [-0.39, 0.29) is 43.3 Å². The van der Waals surface area contributed by atoms with Crippen molar-refractivity contribution in [2.75, 3.05) is 0 Å². The highest BCUT2D eigenvalue weighted by molar-refractivity contribution is 6.30. The highest BCUT2D eigenvalue weighted by atomic mass is 35.5. The standard InChI is InChI=1S/C17H16ClF2N3O/c18-12-3-1-11(2-4-12)15-21-10-7-14(23-15)16(24)22-13-5-8-17(19,20)9-6-13/h1-4,7,10,13H,5-6,8-9H2,(H,22,24). The zero-order valence-electron chi connectivity index (χ0n) is 12.8. The number of rotatable bonds is 3. The first-order valence-electron chi connectivity index (χ1n) is 7.71. The van der Waals surface area contributed by atoms with Crippen molar-refractivity contribution in [3.63, 3.8) is 0 Å². The molecule has 0 atom stereocenters. The van der Waals surface area contributed by atoms with Crippen molar-refractivity contribution in [2.45, 2.75) is 37.6 Å². The quantitative estimate of drug-likeness (QED) is 0.905. The first-order chi connectivity index (χ1) is 11.4. The summed E-state index contributed by atoms with van der Waals surface area (Å²) in [7, 11) is 0. The molecular formula is C17H16ClF2N3O. The number of alkyl halides is 2. The molecule has 1 aliphatic rings. The molecule has 1 aromatic carbocycles. The molecule has 1 amide bonds. The average molecular weight is 352 g/mol. The van der Waals surface area contributed by atoms with Crippen molar-refractivity contribution in [3.05, 3.63) is 47.2 Å². The van der Waals surface area contributed by atoms with E-state index in [1.165, 1.54) is 12.3 Å². The van der Waals surface area contributed by atoms with Crippen LogP contribution in [0.5, 0.6) is 0 Å². The predicted molar refractivity (Wildman–Crippen MR) is 87.1 cm³/mol. The number of nitrogens with zero attached hydrogens (tertiary/aromatic N) is 2. The SMILES string of the molecule is O=C(NC1CCC(F)(F)CC1)c1ccnc(-c2ccc(Cl)cc2)n1. The molecule has 0 bridgehead atoms. The van der Waals surface area contributed by atoms with Crippen LogP contribution in [0.4, 0.5) is 8.78 Å². The number of benzene rings is 1. The smallest absolute Gasteiger partial charge is 0.270 e. The lowest BCUT2D eigenvalue weighted by atomic mass is 9.92. The molecule has 1 aromatic heterocycles. The van der Waals surface area contributed by atoms with Crippen LogP contribution in [-0.2, 0) is 0 Å². The van der Waals surface area contributed by atoms with Crippen LogP contribution in [0.3, 0.4) is 0 Å². The van der Waals surface area contributed by atoms with Crippen molar-refractivity contribution < 1.29 is 13.6 Å². The second-order valence-corrected chi connectivity index (χ2v) is 6.31. The molecule has 0 radical (unpaired) electrons. The van der Waals surface area contributed by atoms with Gasteiger partial charge < -0.3 is 5.32 Å². The Bertz CT molecular complexity index is 727. The van der Waals surface area contributed by atoms with Crippen molar-refractivity contribution in [2.24, 2.45) is 0 Å². The van der Waals surface area contributed by atoms with E-state index in [9.17, 15) is 13.6 Å². The van der Waals surface area contributed by atoms with Gasteiger partial charge in [-0.05, 0) is 43.2 Å².